The fourth-order valence-corrected chi connectivity index (χ4v) is 4.60. The van der Waals surface area contributed by atoms with Crippen LogP contribution in [0.25, 0.3) is 0 Å². The van der Waals surface area contributed by atoms with Gasteiger partial charge in [0.2, 0.25) is 10.0 Å². The zero-order valence-corrected chi connectivity index (χ0v) is 13.4. The predicted molar refractivity (Wildman–Crippen MR) is 78.1 cm³/mol. The monoisotopic (exact) mass is 300 g/mol. The standard InChI is InChI=1S/C13H24N4O2S/c1-9(12-6-5-7-14-8-12)16-20(18,19)13-10(2)15-17(4)11(13)3/h9,12,14,16H,5-8H2,1-4H3. The normalized spacial score (nSPS) is 21.9. The van der Waals surface area contributed by atoms with Crippen molar-refractivity contribution < 1.29 is 8.42 Å². The topological polar surface area (TPSA) is 76.0 Å². The summed E-state index contributed by atoms with van der Waals surface area (Å²) in [5.41, 5.74) is 1.22. The van der Waals surface area contributed by atoms with Gasteiger partial charge in [-0.15, -0.1) is 0 Å². The molecule has 1 aliphatic rings. The fraction of sp³-hybridized carbons (Fsp3) is 0.769. The van der Waals surface area contributed by atoms with Gasteiger partial charge < -0.3 is 5.32 Å². The van der Waals surface area contributed by atoms with Crippen molar-refractivity contribution in [2.24, 2.45) is 13.0 Å². The van der Waals surface area contributed by atoms with E-state index in [1.54, 1.807) is 25.6 Å². The largest absolute Gasteiger partial charge is 0.316 e. The molecule has 20 heavy (non-hydrogen) atoms. The first-order valence-corrected chi connectivity index (χ1v) is 8.54. The van der Waals surface area contributed by atoms with Crippen LogP contribution in [0.5, 0.6) is 0 Å². The third-order valence-corrected chi connectivity index (χ3v) is 5.90. The van der Waals surface area contributed by atoms with E-state index in [0.717, 1.165) is 25.9 Å². The average Bonchev–Trinajstić information content (AvgIpc) is 2.64. The molecule has 1 saturated heterocycles. The van der Waals surface area contributed by atoms with Crippen LogP contribution < -0.4 is 10.0 Å². The zero-order valence-electron chi connectivity index (χ0n) is 12.6. The summed E-state index contributed by atoms with van der Waals surface area (Å²) in [5.74, 6) is 0.343. The van der Waals surface area contributed by atoms with Gasteiger partial charge in [-0.05, 0) is 52.6 Å². The number of rotatable bonds is 4. The lowest BCUT2D eigenvalue weighted by Crippen LogP contribution is -2.44. The van der Waals surface area contributed by atoms with Gasteiger partial charge in [0.1, 0.15) is 4.90 Å². The first kappa shape index (κ1) is 15.5. The molecule has 1 aliphatic heterocycles. The van der Waals surface area contributed by atoms with Crippen molar-refractivity contribution >= 4 is 10.0 Å². The molecule has 0 aliphatic carbocycles. The minimum absolute atomic E-state index is 0.0770. The van der Waals surface area contributed by atoms with Gasteiger partial charge in [-0.3, -0.25) is 4.68 Å². The van der Waals surface area contributed by atoms with Crippen LogP contribution in [0.2, 0.25) is 0 Å². The number of hydrogen-bond donors (Lipinski definition) is 2. The van der Waals surface area contributed by atoms with Crippen molar-refractivity contribution in [2.75, 3.05) is 13.1 Å². The van der Waals surface area contributed by atoms with E-state index in [4.69, 9.17) is 0 Å². The Morgan fingerprint density at radius 2 is 2.15 bits per heavy atom. The molecule has 2 atom stereocenters. The molecule has 1 fully saturated rings. The first-order chi connectivity index (χ1) is 9.33. The Kier molecular flexibility index (Phi) is 4.51. The van der Waals surface area contributed by atoms with Crippen LogP contribution in [0.1, 0.15) is 31.2 Å². The number of aromatic nitrogens is 2. The summed E-state index contributed by atoms with van der Waals surface area (Å²) < 4.78 is 29.5. The minimum atomic E-state index is -3.51. The third-order valence-electron chi connectivity index (χ3n) is 4.09. The molecule has 7 heteroatoms. The molecule has 0 radical (unpaired) electrons. The Labute approximate surface area is 121 Å². The number of aryl methyl sites for hydroxylation is 2. The summed E-state index contributed by atoms with van der Waals surface area (Å²) in [4.78, 5) is 0.315. The molecule has 2 N–H and O–H groups in total. The van der Waals surface area contributed by atoms with E-state index in [0.29, 0.717) is 22.2 Å². The molecule has 1 aromatic rings. The molecule has 2 heterocycles. The summed E-state index contributed by atoms with van der Waals surface area (Å²) >= 11 is 0. The molecule has 0 saturated carbocycles. The summed E-state index contributed by atoms with van der Waals surface area (Å²) in [6.45, 7) is 7.34. The summed E-state index contributed by atoms with van der Waals surface area (Å²) in [6, 6.07) is -0.0770. The SMILES string of the molecule is Cc1nn(C)c(C)c1S(=O)(=O)NC(C)C1CCCNC1. The molecular formula is C13H24N4O2S. The Hall–Kier alpha value is -0.920. The summed E-state index contributed by atoms with van der Waals surface area (Å²) in [7, 11) is -1.75. The minimum Gasteiger partial charge on any atom is -0.316 e. The summed E-state index contributed by atoms with van der Waals surface area (Å²) in [6.07, 6.45) is 2.16. The Bertz CT molecular complexity index is 573. The van der Waals surface area contributed by atoms with Crippen LogP contribution in [0.4, 0.5) is 0 Å². The Morgan fingerprint density at radius 1 is 1.45 bits per heavy atom. The van der Waals surface area contributed by atoms with E-state index in [-0.39, 0.29) is 6.04 Å². The van der Waals surface area contributed by atoms with Crippen molar-refractivity contribution in [2.45, 2.75) is 44.6 Å². The smallest absolute Gasteiger partial charge is 0.244 e. The molecule has 1 aromatic heterocycles. The maximum atomic E-state index is 12.6. The molecular weight excluding hydrogens is 276 g/mol. The van der Waals surface area contributed by atoms with Crippen molar-refractivity contribution in [3.8, 4) is 0 Å². The molecule has 0 aromatic carbocycles. The van der Waals surface area contributed by atoms with Gasteiger partial charge in [0, 0.05) is 13.1 Å². The molecule has 2 unspecified atom stereocenters. The number of piperidine rings is 1. The van der Waals surface area contributed by atoms with Crippen LogP contribution >= 0.6 is 0 Å². The number of nitrogens with zero attached hydrogens (tertiary/aromatic N) is 2. The Balaban J connectivity index is 2.18. The maximum absolute atomic E-state index is 12.6. The van der Waals surface area contributed by atoms with E-state index in [2.05, 4.69) is 15.1 Å². The van der Waals surface area contributed by atoms with Gasteiger partial charge >= 0.3 is 0 Å². The van der Waals surface area contributed by atoms with Crippen LogP contribution in [0, 0.1) is 19.8 Å². The maximum Gasteiger partial charge on any atom is 0.244 e. The number of sulfonamides is 1. The lowest BCUT2D eigenvalue weighted by atomic mass is 9.94. The lowest BCUT2D eigenvalue weighted by molar-refractivity contribution is 0.320. The van der Waals surface area contributed by atoms with Crippen molar-refractivity contribution in [3.05, 3.63) is 11.4 Å². The zero-order chi connectivity index (χ0) is 14.9. The van der Waals surface area contributed by atoms with Crippen LogP contribution in [0.3, 0.4) is 0 Å². The highest BCUT2D eigenvalue weighted by Gasteiger charge is 2.28. The molecule has 6 nitrogen and oxygen atoms in total. The van der Waals surface area contributed by atoms with Gasteiger partial charge in [-0.25, -0.2) is 13.1 Å². The quantitative estimate of drug-likeness (QED) is 0.858. The second-order valence-corrected chi connectivity index (χ2v) is 7.29. The molecule has 2 rings (SSSR count). The van der Waals surface area contributed by atoms with Gasteiger partial charge in [-0.1, -0.05) is 0 Å². The highest BCUT2D eigenvalue weighted by atomic mass is 32.2. The first-order valence-electron chi connectivity index (χ1n) is 7.06. The van der Waals surface area contributed by atoms with E-state index < -0.39 is 10.0 Å². The molecule has 114 valence electrons. The Morgan fingerprint density at radius 3 is 2.65 bits per heavy atom. The van der Waals surface area contributed by atoms with E-state index in [9.17, 15) is 8.42 Å². The van der Waals surface area contributed by atoms with E-state index >= 15 is 0 Å². The number of nitrogens with one attached hydrogen (secondary N) is 2. The van der Waals surface area contributed by atoms with Gasteiger partial charge in [0.05, 0.1) is 11.4 Å². The number of hydrogen-bond acceptors (Lipinski definition) is 4. The van der Waals surface area contributed by atoms with Crippen molar-refractivity contribution in [3.63, 3.8) is 0 Å². The highest BCUT2D eigenvalue weighted by Crippen LogP contribution is 2.21. The second-order valence-electron chi connectivity index (χ2n) is 5.64. The highest BCUT2D eigenvalue weighted by molar-refractivity contribution is 7.89. The van der Waals surface area contributed by atoms with Crippen LogP contribution in [-0.2, 0) is 17.1 Å². The van der Waals surface area contributed by atoms with E-state index in [1.165, 1.54) is 0 Å². The van der Waals surface area contributed by atoms with Crippen molar-refractivity contribution in [1.29, 1.82) is 0 Å². The lowest BCUT2D eigenvalue weighted by Gasteiger charge is -2.28. The predicted octanol–water partition coefficient (Wildman–Crippen LogP) is 0.703. The molecule has 0 spiro atoms. The van der Waals surface area contributed by atoms with Gasteiger partial charge in [-0.2, -0.15) is 5.10 Å². The van der Waals surface area contributed by atoms with Crippen molar-refractivity contribution in [1.82, 2.24) is 19.8 Å². The van der Waals surface area contributed by atoms with Gasteiger partial charge in [0.25, 0.3) is 0 Å². The van der Waals surface area contributed by atoms with Crippen LogP contribution in [-0.4, -0.2) is 37.3 Å². The van der Waals surface area contributed by atoms with Gasteiger partial charge in [0.15, 0.2) is 0 Å². The summed E-state index contributed by atoms with van der Waals surface area (Å²) in [5, 5.41) is 7.50. The fourth-order valence-electron chi connectivity index (χ4n) is 2.85. The van der Waals surface area contributed by atoms with Crippen LogP contribution in [0.15, 0.2) is 4.90 Å². The third kappa shape index (κ3) is 3.05. The van der Waals surface area contributed by atoms with E-state index in [1.807, 2.05) is 6.92 Å². The second kappa shape index (κ2) is 5.83. The molecule has 0 bridgehead atoms. The molecule has 0 amide bonds. The average molecular weight is 300 g/mol.